The molecule has 0 aromatic carbocycles. The van der Waals surface area contributed by atoms with Crippen molar-refractivity contribution in [1.82, 2.24) is 0 Å². The molecule has 114 valence electrons. The van der Waals surface area contributed by atoms with Gasteiger partial charge in [-0.3, -0.25) is 0 Å². The maximum Gasteiger partial charge on any atom is 0.155 e. The fourth-order valence-electron chi connectivity index (χ4n) is 2.85. The van der Waals surface area contributed by atoms with Crippen LogP contribution in [0.2, 0.25) is 0 Å². The second-order valence-corrected chi connectivity index (χ2v) is 9.70. The maximum absolute atomic E-state index is 12.2. The highest BCUT2D eigenvalue weighted by molar-refractivity contribution is 7.92. The summed E-state index contributed by atoms with van der Waals surface area (Å²) in [4.78, 5) is 0. The first-order chi connectivity index (χ1) is 8.68. The molecule has 1 fully saturated rings. The van der Waals surface area contributed by atoms with Gasteiger partial charge < -0.3 is 10.2 Å². The van der Waals surface area contributed by atoms with Crippen molar-refractivity contribution >= 4 is 9.84 Å². The molecule has 0 spiro atoms. The van der Waals surface area contributed by atoms with Crippen molar-refractivity contribution in [3.63, 3.8) is 0 Å². The van der Waals surface area contributed by atoms with Gasteiger partial charge in [-0.05, 0) is 46.0 Å². The summed E-state index contributed by atoms with van der Waals surface area (Å²) in [5.41, 5.74) is -0.630. The summed E-state index contributed by atoms with van der Waals surface area (Å²) < 4.78 is 23.6. The molecule has 0 atom stereocenters. The molecule has 0 aromatic heterocycles. The standard InChI is InChI=1S/C14H28O4S/c1-13(2,3)19(17,18)9-8-14(10-15,11-16)12-6-4-5-7-12/h12,15-16H,4-11H2,1-3H3. The highest BCUT2D eigenvalue weighted by atomic mass is 32.2. The molecule has 19 heavy (non-hydrogen) atoms. The minimum atomic E-state index is -3.20. The minimum Gasteiger partial charge on any atom is -0.396 e. The zero-order valence-corrected chi connectivity index (χ0v) is 13.2. The Kier molecular flexibility index (Phi) is 5.43. The van der Waals surface area contributed by atoms with Gasteiger partial charge in [-0.1, -0.05) is 12.8 Å². The summed E-state index contributed by atoms with van der Waals surface area (Å²) in [5, 5.41) is 19.4. The van der Waals surface area contributed by atoms with E-state index in [9.17, 15) is 18.6 Å². The molecule has 1 aliphatic carbocycles. The molecular weight excluding hydrogens is 264 g/mol. The molecule has 0 saturated heterocycles. The van der Waals surface area contributed by atoms with Crippen LogP contribution < -0.4 is 0 Å². The van der Waals surface area contributed by atoms with E-state index in [-0.39, 0.29) is 24.9 Å². The fourth-order valence-corrected chi connectivity index (χ4v) is 4.14. The Morgan fingerprint density at radius 1 is 1.05 bits per heavy atom. The molecule has 0 aromatic rings. The Bertz CT molecular complexity index is 371. The van der Waals surface area contributed by atoms with Crippen molar-refractivity contribution in [1.29, 1.82) is 0 Å². The van der Waals surface area contributed by atoms with E-state index in [4.69, 9.17) is 0 Å². The largest absolute Gasteiger partial charge is 0.396 e. The van der Waals surface area contributed by atoms with E-state index < -0.39 is 20.0 Å². The van der Waals surface area contributed by atoms with Gasteiger partial charge in [0.25, 0.3) is 0 Å². The van der Waals surface area contributed by atoms with Gasteiger partial charge in [-0.15, -0.1) is 0 Å². The Morgan fingerprint density at radius 2 is 1.53 bits per heavy atom. The van der Waals surface area contributed by atoms with E-state index in [0.29, 0.717) is 6.42 Å². The van der Waals surface area contributed by atoms with Gasteiger partial charge in [-0.25, -0.2) is 8.42 Å². The first kappa shape index (κ1) is 16.9. The van der Waals surface area contributed by atoms with Crippen LogP contribution in [0.5, 0.6) is 0 Å². The molecule has 0 amide bonds. The van der Waals surface area contributed by atoms with Gasteiger partial charge in [0.15, 0.2) is 9.84 Å². The van der Waals surface area contributed by atoms with Gasteiger partial charge in [0.1, 0.15) is 0 Å². The summed E-state index contributed by atoms with van der Waals surface area (Å²) in [6.07, 6.45) is 4.54. The average molecular weight is 292 g/mol. The number of rotatable bonds is 6. The zero-order chi connectivity index (χ0) is 14.7. The smallest absolute Gasteiger partial charge is 0.155 e. The highest BCUT2D eigenvalue weighted by Gasteiger charge is 2.41. The molecule has 0 bridgehead atoms. The van der Waals surface area contributed by atoms with Gasteiger partial charge in [0.2, 0.25) is 0 Å². The first-order valence-corrected chi connectivity index (χ1v) is 8.78. The zero-order valence-electron chi connectivity index (χ0n) is 12.4. The van der Waals surface area contributed by atoms with E-state index in [1.165, 1.54) is 0 Å². The fraction of sp³-hybridized carbons (Fsp3) is 1.00. The molecule has 2 N–H and O–H groups in total. The van der Waals surface area contributed by atoms with Crippen LogP contribution in [0.15, 0.2) is 0 Å². The second-order valence-electron chi connectivity index (χ2n) is 6.84. The van der Waals surface area contributed by atoms with Crippen LogP contribution in [0.3, 0.4) is 0 Å². The quantitative estimate of drug-likeness (QED) is 0.782. The first-order valence-electron chi connectivity index (χ1n) is 7.12. The third-order valence-corrected chi connectivity index (χ3v) is 7.26. The molecule has 1 aliphatic rings. The SMILES string of the molecule is CC(C)(C)S(=O)(=O)CCC(CO)(CO)C1CCCC1. The van der Waals surface area contributed by atoms with Crippen molar-refractivity contribution in [3.8, 4) is 0 Å². The summed E-state index contributed by atoms with van der Waals surface area (Å²) in [6.45, 7) is 4.81. The lowest BCUT2D eigenvalue weighted by Crippen LogP contribution is -2.41. The monoisotopic (exact) mass is 292 g/mol. The maximum atomic E-state index is 12.2. The minimum absolute atomic E-state index is 0.0358. The third-order valence-electron chi connectivity index (χ3n) is 4.65. The van der Waals surface area contributed by atoms with Gasteiger partial charge in [-0.2, -0.15) is 0 Å². The van der Waals surface area contributed by atoms with Crippen molar-refractivity contribution < 1.29 is 18.6 Å². The van der Waals surface area contributed by atoms with Crippen LogP contribution in [0, 0.1) is 11.3 Å². The number of aliphatic hydroxyl groups is 2. The lowest BCUT2D eigenvalue weighted by Gasteiger charge is -2.36. The van der Waals surface area contributed by atoms with Crippen molar-refractivity contribution in [2.24, 2.45) is 11.3 Å². The Hall–Kier alpha value is -0.130. The van der Waals surface area contributed by atoms with Crippen LogP contribution in [0.25, 0.3) is 0 Å². The third kappa shape index (κ3) is 3.70. The predicted molar refractivity (Wildman–Crippen MR) is 76.7 cm³/mol. The molecule has 1 saturated carbocycles. The Balaban J connectivity index is 2.80. The van der Waals surface area contributed by atoms with Gasteiger partial charge >= 0.3 is 0 Å². The van der Waals surface area contributed by atoms with E-state index in [2.05, 4.69) is 0 Å². The summed E-state index contributed by atoms with van der Waals surface area (Å²) in [7, 11) is -3.20. The molecule has 0 unspecified atom stereocenters. The number of hydrogen-bond donors (Lipinski definition) is 2. The van der Waals surface area contributed by atoms with E-state index in [1.54, 1.807) is 20.8 Å². The lowest BCUT2D eigenvalue weighted by atomic mass is 9.73. The normalized spacial score (nSPS) is 19.0. The molecular formula is C14H28O4S. The predicted octanol–water partition coefficient (Wildman–Crippen LogP) is 1.75. The molecule has 4 nitrogen and oxygen atoms in total. The molecule has 5 heteroatoms. The second kappa shape index (κ2) is 6.10. The Labute approximate surface area is 117 Å². The summed E-state index contributed by atoms with van der Waals surface area (Å²) in [5.74, 6) is 0.284. The van der Waals surface area contributed by atoms with Crippen LogP contribution in [-0.2, 0) is 9.84 Å². The molecule has 0 radical (unpaired) electrons. The highest BCUT2D eigenvalue weighted by Crippen LogP contribution is 2.42. The van der Waals surface area contributed by atoms with Crippen molar-refractivity contribution in [2.75, 3.05) is 19.0 Å². The van der Waals surface area contributed by atoms with Gasteiger partial charge in [0.05, 0.1) is 23.7 Å². The number of sulfone groups is 1. The van der Waals surface area contributed by atoms with Gasteiger partial charge in [0, 0.05) is 5.41 Å². The average Bonchev–Trinajstić information content (AvgIpc) is 2.84. The molecule has 0 heterocycles. The van der Waals surface area contributed by atoms with E-state index >= 15 is 0 Å². The van der Waals surface area contributed by atoms with Crippen LogP contribution >= 0.6 is 0 Å². The number of hydrogen-bond acceptors (Lipinski definition) is 4. The van der Waals surface area contributed by atoms with Crippen molar-refractivity contribution in [3.05, 3.63) is 0 Å². The topological polar surface area (TPSA) is 74.6 Å². The summed E-state index contributed by atoms with van der Waals surface area (Å²) in [6, 6.07) is 0. The van der Waals surface area contributed by atoms with Crippen LogP contribution in [0.4, 0.5) is 0 Å². The van der Waals surface area contributed by atoms with E-state index in [1.807, 2.05) is 0 Å². The van der Waals surface area contributed by atoms with Crippen LogP contribution in [-0.4, -0.2) is 42.3 Å². The van der Waals surface area contributed by atoms with Crippen molar-refractivity contribution in [2.45, 2.75) is 57.6 Å². The Morgan fingerprint density at radius 3 is 1.89 bits per heavy atom. The van der Waals surface area contributed by atoms with E-state index in [0.717, 1.165) is 25.7 Å². The molecule has 0 aliphatic heterocycles. The summed E-state index contributed by atoms with van der Waals surface area (Å²) >= 11 is 0. The molecule has 1 rings (SSSR count). The number of aliphatic hydroxyl groups excluding tert-OH is 2. The van der Waals surface area contributed by atoms with Crippen LogP contribution in [0.1, 0.15) is 52.9 Å². The lowest BCUT2D eigenvalue weighted by molar-refractivity contribution is 0.00300.